The summed E-state index contributed by atoms with van der Waals surface area (Å²) in [5.41, 5.74) is 6.80. The number of nitrogens with two attached hydrogens (primary N) is 1. The van der Waals surface area contributed by atoms with Gasteiger partial charge >= 0.3 is 12.1 Å². The summed E-state index contributed by atoms with van der Waals surface area (Å²) in [5, 5.41) is 2.63. The number of aromatic nitrogens is 4. The minimum Gasteiger partial charge on any atom is -0.462 e. The molecule has 2 rings (SSSR count). The van der Waals surface area contributed by atoms with Crippen molar-refractivity contribution in [3.05, 3.63) is 12.7 Å². The predicted molar refractivity (Wildman–Crippen MR) is 130 cm³/mol. The molecule has 4 atom stereocenters. The minimum atomic E-state index is -3.85. The van der Waals surface area contributed by atoms with Crippen LogP contribution < -0.4 is 10.8 Å². The lowest BCUT2D eigenvalue weighted by Gasteiger charge is -2.25. The lowest BCUT2D eigenvalue weighted by molar-refractivity contribution is -0.150. The van der Waals surface area contributed by atoms with Crippen LogP contribution in [0.3, 0.4) is 0 Å². The molecule has 0 aliphatic rings. The normalized spacial score (nSPS) is 15.8. The van der Waals surface area contributed by atoms with E-state index >= 15 is 0 Å². The Hall–Kier alpha value is -2.80. The molecule has 2 heterocycles. The topological polar surface area (TPSA) is 179 Å². The van der Waals surface area contributed by atoms with Gasteiger partial charge in [0, 0.05) is 0 Å². The van der Waals surface area contributed by atoms with Gasteiger partial charge < -0.3 is 29.2 Å². The van der Waals surface area contributed by atoms with E-state index in [1.807, 2.05) is 6.92 Å². The van der Waals surface area contributed by atoms with Gasteiger partial charge in [-0.2, -0.15) is 0 Å². The van der Waals surface area contributed by atoms with Gasteiger partial charge in [0.1, 0.15) is 24.2 Å². The van der Waals surface area contributed by atoms with Crippen LogP contribution in [0.15, 0.2) is 12.7 Å². The summed E-state index contributed by atoms with van der Waals surface area (Å²) < 4.78 is 41.3. The van der Waals surface area contributed by atoms with Crippen molar-refractivity contribution in [3.8, 4) is 0 Å². The van der Waals surface area contributed by atoms with Crippen molar-refractivity contribution in [2.45, 2.75) is 78.9 Å². The van der Waals surface area contributed by atoms with Crippen LogP contribution in [0.1, 0.15) is 48.0 Å². The highest BCUT2D eigenvalue weighted by molar-refractivity contribution is 7.56. The standard InChI is InChI=1S/C21H35N6O8P/c1-7-14(4)35-20(28)16(6)26-36(30,33-11-31-21(29)34-13(2)3)12-32-15(5)8-27-10-25-17-18(22)23-9-24-19(17)27/h9-10,13-16H,7-8,11-12H2,1-6H3,(H,26,30)(H2,22,23,24)/t14?,15-,16+,36?/m1/s1. The van der Waals surface area contributed by atoms with Gasteiger partial charge in [-0.15, -0.1) is 0 Å². The van der Waals surface area contributed by atoms with Gasteiger partial charge in [0.15, 0.2) is 11.5 Å². The molecule has 2 aromatic heterocycles. The summed E-state index contributed by atoms with van der Waals surface area (Å²) in [6, 6.07) is -0.983. The third-order valence-corrected chi connectivity index (χ3v) is 6.61. The third-order valence-electron chi connectivity index (χ3n) is 4.82. The maximum absolute atomic E-state index is 13.5. The van der Waals surface area contributed by atoms with Crippen LogP contribution in [-0.4, -0.2) is 69.1 Å². The molecule has 14 nitrogen and oxygen atoms in total. The van der Waals surface area contributed by atoms with Crippen molar-refractivity contribution in [3.63, 3.8) is 0 Å². The fraction of sp³-hybridized carbons (Fsp3) is 0.667. The lowest BCUT2D eigenvalue weighted by Crippen LogP contribution is -2.37. The summed E-state index contributed by atoms with van der Waals surface area (Å²) in [4.78, 5) is 36.3. The second kappa shape index (κ2) is 13.5. The third kappa shape index (κ3) is 9.01. The van der Waals surface area contributed by atoms with Gasteiger partial charge in [-0.1, -0.05) is 6.92 Å². The molecule has 0 saturated heterocycles. The summed E-state index contributed by atoms with van der Waals surface area (Å²) in [5.74, 6) is -0.354. The molecule has 0 aromatic carbocycles. The van der Waals surface area contributed by atoms with Crippen molar-refractivity contribution in [1.82, 2.24) is 24.6 Å². The molecule has 202 valence electrons. The average Bonchev–Trinajstić information content (AvgIpc) is 3.21. The Morgan fingerprint density at radius 3 is 2.50 bits per heavy atom. The molecule has 0 fully saturated rings. The Kier molecular flexibility index (Phi) is 11.0. The van der Waals surface area contributed by atoms with Crippen LogP contribution >= 0.6 is 7.52 Å². The lowest BCUT2D eigenvalue weighted by atomic mass is 10.3. The molecule has 2 unspecified atom stereocenters. The van der Waals surface area contributed by atoms with Gasteiger partial charge in [0.25, 0.3) is 7.52 Å². The molecular weight excluding hydrogens is 495 g/mol. The fourth-order valence-electron chi connectivity index (χ4n) is 2.82. The molecule has 3 N–H and O–H groups in total. The molecule has 0 radical (unpaired) electrons. The molecule has 15 heteroatoms. The highest BCUT2D eigenvalue weighted by Crippen LogP contribution is 2.43. The second-order valence-electron chi connectivity index (χ2n) is 8.42. The number of rotatable bonds is 14. The monoisotopic (exact) mass is 530 g/mol. The molecule has 0 spiro atoms. The number of nitrogens with one attached hydrogen (secondary N) is 1. The first-order valence-corrected chi connectivity index (χ1v) is 13.3. The van der Waals surface area contributed by atoms with E-state index in [1.165, 1.54) is 13.3 Å². The zero-order valence-corrected chi connectivity index (χ0v) is 22.3. The second-order valence-corrected chi connectivity index (χ2v) is 10.5. The van der Waals surface area contributed by atoms with Crippen LogP contribution in [0.2, 0.25) is 0 Å². The quantitative estimate of drug-likeness (QED) is 0.207. The van der Waals surface area contributed by atoms with Gasteiger partial charge in [-0.05, 0) is 41.0 Å². The maximum Gasteiger partial charge on any atom is 0.510 e. The first-order chi connectivity index (χ1) is 16.9. The van der Waals surface area contributed by atoms with Crippen LogP contribution in [0, 0.1) is 0 Å². The number of carbonyl (C=O) groups is 2. The minimum absolute atomic E-state index is 0.253. The molecule has 0 saturated carbocycles. The Balaban J connectivity index is 2.04. The zero-order valence-electron chi connectivity index (χ0n) is 21.4. The highest BCUT2D eigenvalue weighted by Gasteiger charge is 2.31. The van der Waals surface area contributed by atoms with E-state index in [0.717, 1.165) is 0 Å². The Morgan fingerprint density at radius 2 is 1.83 bits per heavy atom. The summed E-state index contributed by atoms with van der Waals surface area (Å²) in [6.07, 6.45) is 0.898. The van der Waals surface area contributed by atoms with Gasteiger partial charge in [-0.3, -0.25) is 13.9 Å². The smallest absolute Gasteiger partial charge is 0.462 e. The van der Waals surface area contributed by atoms with Crippen LogP contribution in [-0.2, 0) is 39.4 Å². The average molecular weight is 531 g/mol. The predicted octanol–water partition coefficient (Wildman–Crippen LogP) is 2.82. The largest absolute Gasteiger partial charge is 0.510 e. The zero-order chi connectivity index (χ0) is 26.9. The Labute approximate surface area is 209 Å². The summed E-state index contributed by atoms with van der Waals surface area (Å²) in [6.45, 7) is 9.78. The van der Waals surface area contributed by atoms with Crippen molar-refractivity contribution in [2.24, 2.45) is 0 Å². The molecule has 0 amide bonds. The van der Waals surface area contributed by atoms with Crippen LogP contribution in [0.4, 0.5) is 10.6 Å². The SMILES string of the molecule is CCC(C)OC(=O)[C@H](C)NP(=O)(CO[C@H](C)Cn1cnc2c(N)ncnc21)OCOC(=O)OC(C)C. The summed E-state index contributed by atoms with van der Waals surface area (Å²) in [7, 11) is -3.85. The van der Waals surface area contributed by atoms with E-state index in [9.17, 15) is 14.2 Å². The van der Waals surface area contributed by atoms with Gasteiger partial charge in [0.05, 0.1) is 31.2 Å². The molecule has 2 aromatic rings. The molecule has 0 aliphatic heterocycles. The fourth-order valence-corrected chi connectivity index (χ4v) is 4.41. The van der Waals surface area contributed by atoms with E-state index in [2.05, 4.69) is 20.0 Å². The van der Waals surface area contributed by atoms with Gasteiger partial charge in [-0.25, -0.2) is 24.8 Å². The van der Waals surface area contributed by atoms with Crippen molar-refractivity contribution in [1.29, 1.82) is 0 Å². The van der Waals surface area contributed by atoms with E-state index in [1.54, 1.807) is 38.6 Å². The maximum atomic E-state index is 13.5. The van der Waals surface area contributed by atoms with E-state index in [-0.39, 0.29) is 11.9 Å². The number of esters is 1. The molecule has 36 heavy (non-hydrogen) atoms. The number of imidazole rings is 1. The number of nitrogen functional groups attached to an aromatic ring is 1. The van der Waals surface area contributed by atoms with Crippen LogP contribution in [0.5, 0.6) is 0 Å². The number of hydrogen-bond acceptors (Lipinski definition) is 12. The number of ether oxygens (including phenoxy) is 4. The summed E-state index contributed by atoms with van der Waals surface area (Å²) >= 11 is 0. The van der Waals surface area contributed by atoms with Crippen molar-refractivity contribution >= 4 is 36.6 Å². The number of anilines is 1. The van der Waals surface area contributed by atoms with Crippen molar-refractivity contribution < 1.29 is 37.6 Å². The first kappa shape index (κ1) is 29.4. The molecular formula is C21H35N6O8P. The van der Waals surface area contributed by atoms with E-state index < -0.39 is 51.0 Å². The molecule has 0 aliphatic carbocycles. The number of carbonyl (C=O) groups excluding carboxylic acids is 2. The number of nitrogens with zero attached hydrogens (tertiary/aromatic N) is 4. The Morgan fingerprint density at radius 1 is 1.11 bits per heavy atom. The van der Waals surface area contributed by atoms with Crippen LogP contribution in [0.25, 0.3) is 11.2 Å². The number of fused-ring (bicyclic) bond motifs is 1. The Bertz CT molecular complexity index is 1060. The van der Waals surface area contributed by atoms with Gasteiger partial charge in [0.2, 0.25) is 6.79 Å². The number of hydrogen-bond donors (Lipinski definition) is 2. The first-order valence-electron chi connectivity index (χ1n) is 11.5. The molecule has 0 bridgehead atoms. The van der Waals surface area contributed by atoms with E-state index in [0.29, 0.717) is 24.1 Å². The van der Waals surface area contributed by atoms with E-state index in [4.69, 9.17) is 29.2 Å². The van der Waals surface area contributed by atoms with Crippen molar-refractivity contribution in [2.75, 3.05) is 18.9 Å². The highest BCUT2D eigenvalue weighted by atomic mass is 31.2.